The smallest absolute Gasteiger partial charge is 0.258 e. The summed E-state index contributed by atoms with van der Waals surface area (Å²) >= 11 is 6.00. The molecule has 1 amide bonds. The average molecular weight is 450 g/mol. The van der Waals surface area contributed by atoms with Gasteiger partial charge in [0.25, 0.3) is 10.0 Å². The number of fused-ring (bicyclic) bond motifs is 2. The highest BCUT2D eigenvalue weighted by Gasteiger charge is 2.35. The molecule has 1 fully saturated rings. The van der Waals surface area contributed by atoms with Crippen molar-refractivity contribution in [3.63, 3.8) is 0 Å². The fourth-order valence-electron chi connectivity index (χ4n) is 3.98. The van der Waals surface area contributed by atoms with Crippen LogP contribution in [0, 0.1) is 0 Å². The van der Waals surface area contributed by atoms with Crippen molar-refractivity contribution < 1.29 is 17.6 Å². The van der Waals surface area contributed by atoms with E-state index in [-0.39, 0.29) is 30.1 Å². The van der Waals surface area contributed by atoms with Gasteiger partial charge in [0.1, 0.15) is 10.8 Å². The number of sulfonamides is 1. The van der Waals surface area contributed by atoms with Crippen molar-refractivity contribution in [2.24, 2.45) is 0 Å². The molecule has 9 nitrogen and oxygen atoms in total. The van der Waals surface area contributed by atoms with E-state index in [4.69, 9.17) is 16.0 Å². The zero-order chi connectivity index (χ0) is 20.9. The van der Waals surface area contributed by atoms with E-state index in [1.54, 1.807) is 29.2 Å². The summed E-state index contributed by atoms with van der Waals surface area (Å²) in [5.41, 5.74) is 1.51. The summed E-state index contributed by atoms with van der Waals surface area (Å²) in [5, 5.41) is 4.59. The lowest BCUT2D eigenvalue weighted by molar-refractivity contribution is -0.134. The number of carbonyl (C=O) groups is 1. The molecule has 0 spiro atoms. The number of hydrogen-bond acceptors (Lipinski definition) is 6. The summed E-state index contributed by atoms with van der Waals surface area (Å²) in [7, 11) is -3.68. The molecule has 1 atom stereocenters. The van der Waals surface area contributed by atoms with E-state index >= 15 is 0 Å². The van der Waals surface area contributed by atoms with Gasteiger partial charge >= 0.3 is 0 Å². The van der Waals surface area contributed by atoms with Gasteiger partial charge < -0.3 is 14.3 Å². The van der Waals surface area contributed by atoms with E-state index in [2.05, 4.69) is 15.3 Å². The summed E-state index contributed by atoms with van der Waals surface area (Å²) in [6.45, 7) is 1.63. The van der Waals surface area contributed by atoms with E-state index in [0.717, 1.165) is 16.8 Å². The fourth-order valence-corrected chi connectivity index (χ4v) is 5.60. The number of amides is 1. The number of oxazole rings is 1. The Morgan fingerprint density at radius 2 is 2.00 bits per heavy atom. The summed E-state index contributed by atoms with van der Waals surface area (Å²) in [6, 6.07) is 6.41. The minimum absolute atomic E-state index is 0.0408. The van der Waals surface area contributed by atoms with Gasteiger partial charge in [-0.2, -0.15) is 4.31 Å². The molecule has 0 radical (unpaired) electrons. The zero-order valence-corrected chi connectivity index (χ0v) is 17.5. The molecule has 0 aliphatic carbocycles. The highest BCUT2D eigenvalue weighted by atomic mass is 35.5. The number of hydrogen-bond donors (Lipinski definition) is 2. The number of nitrogens with one attached hydrogen (secondary N) is 2. The van der Waals surface area contributed by atoms with Crippen molar-refractivity contribution in [3.05, 3.63) is 47.1 Å². The molecule has 1 aromatic carbocycles. The third-order valence-corrected chi connectivity index (χ3v) is 7.71. The van der Waals surface area contributed by atoms with Gasteiger partial charge in [-0.1, -0.05) is 11.6 Å². The molecule has 30 heavy (non-hydrogen) atoms. The topological polar surface area (TPSA) is 112 Å². The Balaban J connectivity index is 1.26. The van der Waals surface area contributed by atoms with E-state index in [1.807, 2.05) is 0 Å². The summed E-state index contributed by atoms with van der Waals surface area (Å²) < 4.78 is 32.8. The largest absolute Gasteiger partial charge is 0.447 e. The number of aromatic nitrogens is 2. The molecular weight excluding hydrogens is 430 g/mol. The molecule has 2 aliphatic rings. The van der Waals surface area contributed by atoms with Crippen LogP contribution < -0.4 is 5.32 Å². The van der Waals surface area contributed by atoms with E-state index in [1.165, 1.54) is 10.7 Å². The molecular formula is C19H20ClN5O4S. The lowest BCUT2D eigenvalue weighted by atomic mass is 10.0. The van der Waals surface area contributed by atoms with Crippen LogP contribution in [0.5, 0.6) is 0 Å². The molecule has 0 bridgehead atoms. The minimum Gasteiger partial charge on any atom is -0.447 e. The molecule has 2 aromatic heterocycles. The van der Waals surface area contributed by atoms with Crippen molar-refractivity contribution in [2.45, 2.75) is 24.0 Å². The second kappa shape index (κ2) is 7.38. The SMILES string of the molecule is O=C(C1Cc2ncoc2CN1)N1CCN(S(=O)(=O)c2cc3cc(Cl)ccc3[nH]2)CC1. The van der Waals surface area contributed by atoms with Crippen LogP contribution in [0.1, 0.15) is 11.5 Å². The Kier molecular flexibility index (Phi) is 4.81. The monoisotopic (exact) mass is 449 g/mol. The van der Waals surface area contributed by atoms with Gasteiger partial charge in [0, 0.05) is 48.5 Å². The Labute approximate surface area is 178 Å². The Hall–Kier alpha value is -2.40. The van der Waals surface area contributed by atoms with Gasteiger partial charge in [-0.05, 0) is 24.3 Å². The van der Waals surface area contributed by atoms with Crippen molar-refractivity contribution in [2.75, 3.05) is 26.2 Å². The van der Waals surface area contributed by atoms with Gasteiger partial charge in [0.2, 0.25) is 5.91 Å². The van der Waals surface area contributed by atoms with Gasteiger partial charge in [-0.3, -0.25) is 10.1 Å². The number of H-pyrrole nitrogens is 1. The predicted octanol–water partition coefficient (Wildman–Crippen LogP) is 1.36. The van der Waals surface area contributed by atoms with Crippen LogP contribution in [0.15, 0.2) is 40.1 Å². The first-order valence-corrected chi connectivity index (χ1v) is 11.5. The molecule has 2 N–H and O–H groups in total. The van der Waals surface area contributed by atoms with E-state index in [9.17, 15) is 13.2 Å². The normalized spacial score (nSPS) is 20.4. The molecule has 158 valence electrons. The maximum atomic E-state index is 13.1. The second-order valence-corrected chi connectivity index (χ2v) is 9.80. The standard InChI is InChI=1S/C19H20ClN5O4S/c20-13-1-2-14-12(7-13)8-18(23-14)30(27,28)25-5-3-24(4-6-25)19(26)16-9-15-17(10-21-16)29-11-22-15/h1-2,7-8,11,16,21,23H,3-6,9-10H2. The maximum absolute atomic E-state index is 13.1. The zero-order valence-electron chi connectivity index (χ0n) is 16.0. The molecule has 0 saturated carbocycles. The fraction of sp³-hybridized carbons (Fsp3) is 0.368. The number of carbonyl (C=O) groups excluding carboxylic acids is 1. The Morgan fingerprint density at radius 1 is 1.20 bits per heavy atom. The summed E-state index contributed by atoms with van der Waals surface area (Å²) in [6.07, 6.45) is 1.86. The molecule has 3 aromatic rings. The molecule has 2 aliphatic heterocycles. The third kappa shape index (κ3) is 3.39. The minimum atomic E-state index is -3.68. The number of rotatable bonds is 3. The van der Waals surface area contributed by atoms with Crippen molar-refractivity contribution in [1.82, 2.24) is 24.5 Å². The van der Waals surface area contributed by atoms with Gasteiger partial charge in [0.05, 0.1) is 18.3 Å². The maximum Gasteiger partial charge on any atom is 0.258 e. The quantitative estimate of drug-likeness (QED) is 0.624. The van der Waals surface area contributed by atoms with E-state index in [0.29, 0.717) is 36.6 Å². The van der Waals surface area contributed by atoms with Crippen LogP contribution in [0.3, 0.4) is 0 Å². The van der Waals surface area contributed by atoms with Crippen LogP contribution in [0.25, 0.3) is 10.9 Å². The van der Waals surface area contributed by atoms with E-state index < -0.39 is 10.0 Å². The van der Waals surface area contributed by atoms with Crippen LogP contribution in [0.4, 0.5) is 0 Å². The number of piperazine rings is 1. The Bertz CT molecular complexity index is 1210. The molecule has 1 unspecified atom stereocenters. The van der Waals surface area contributed by atoms with Gasteiger partial charge in [-0.25, -0.2) is 13.4 Å². The number of nitrogens with zero attached hydrogens (tertiary/aromatic N) is 3. The number of benzene rings is 1. The number of halogens is 1. The predicted molar refractivity (Wildman–Crippen MR) is 109 cm³/mol. The van der Waals surface area contributed by atoms with Gasteiger partial charge in [-0.15, -0.1) is 0 Å². The first kappa shape index (κ1) is 19.6. The van der Waals surface area contributed by atoms with Crippen molar-refractivity contribution in [1.29, 1.82) is 0 Å². The number of aromatic amines is 1. The average Bonchev–Trinajstić information content (AvgIpc) is 3.39. The first-order chi connectivity index (χ1) is 14.4. The summed E-state index contributed by atoms with van der Waals surface area (Å²) in [4.78, 5) is 21.7. The highest BCUT2D eigenvalue weighted by molar-refractivity contribution is 7.89. The molecule has 1 saturated heterocycles. The van der Waals surface area contributed by atoms with Crippen LogP contribution >= 0.6 is 11.6 Å². The highest BCUT2D eigenvalue weighted by Crippen LogP contribution is 2.25. The second-order valence-electron chi connectivity index (χ2n) is 7.45. The first-order valence-electron chi connectivity index (χ1n) is 9.63. The molecule has 11 heteroatoms. The molecule has 5 rings (SSSR count). The van der Waals surface area contributed by atoms with Crippen LogP contribution in [-0.4, -0.2) is 65.7 Å². The van der Waals surface area contributed by atoms with Gasteiger partial charge in [0.15, 0.2) is 6.39 Å². The third-order valence-electron chi connectivity index (χ3n) is 5.66. The Morgan fingerprint density at radius 3 is 2.80 bits per heavy atom. The van der Waals surface area contributed by atoms with Crippen LogP contribution in [0.2, 0.25) is 5.02 Å². The van der Waals surface area contributed by atoms with Crippen molar-refractivity contribution >= 4 is 38.4 Å². The lowest BCUT2D eigenvalue weighted by Gasteiger charge is -2.36. The lowest BCUT2D eigenvalue weighted by Crippen LogP contribution is -2.56. The van der Waals surface area contributed by atoms with Crippen molar-refractivity contribution in [3.8, 4) is 0 Å². The molecule has 4 heterocycles. The van der Waals surface area contributed by atoms with Crippen LogP contribution in [-0.2, 0) is 27.8 Å². The summed E-state index contributed by atoms with van der Waals surface area (Å²) in [5.74, 6) is 0.718.